The highest BCUT2D eigenvalue weighted by atomic mass is 19.1. The van der Waals surface area contributed by atoms with Gasteiger partial charge in [0.1, 0.15) is 0 Å². The number of halogens is 1. The van der Waals surface area contributed by atoms with Crippen molar-refractivity contribution in [3.05, 3.63) is 29.6 Å². The summed E-state index contributed by atoms with van der Waals surface area (Å²) in [6, 6.07) is 4.29. The van der Waals surface area contributed by atoms with E-state index in [1.807, 2.05) is 0 Å². The van der Waals surface area contributed by atoms with Gasteiger partial charge in [0.05, 0.1) is 0 Å². The minimum absolute atomic E-state index is 0.294. The van der Waals surface area contributed by atoms with Crippen LogP contribution >= 0.6 is 0 Å². The van der Waals surface area contributed by atoms with Crippen molar-refractivity contribution >= 4 is 0 Å². The van der Waals surface area contributed by atoms with Crippen LogP contribution in [0.1, 0.15) is 5.56 Å². The number of phenols is 1. The SMILES string of the molecule is CNCc1ccc(F)c(O)c1.CO. The van der Waals surface area contributed by atoms with Gasteiger partial charge in [0.25, 0.3) is 0 Å². The minimum atomic E-state index is -0.579. The molecule has 1 rings (SSSR count). The highest BCUT2D eigenvalue weighted by Crippen LogP contribution is 2.16. The molecule has 0 aromatic heterocycles. The summed E-state index contributed by atoms with van der Waals surface area (Å²) >= 11 is 0. The van der Waals surface area contributed by atoms with E-state index in [0.29, 0.717) is 6.54 Å². The first-order valence-corrected chi connectivity index (χ1v) is 3.80. The summed E-state index contributed by atoms with van der Waals surface area (Å²) in [6.07, 6.45) is 0. The fourth-order valence-corrected chi connectivity index (χ4v) is 0.872. The summed E-state index contributed by atoms with van der Waals surface area (Å²) in [5.74, 6) is -0.873. The molecule has 0 heterocycles. The second kappa shape index (κ2) is 6.39. The van der Waals surface area contributed by atoms with E-state index in [1.165, 1.54) is 12.1 Å². The van der Waals surface area contributed by atoms with Crippen molar-refractivity contribution in [2.24, 2.45) is 0 Å². The molecule has 74 valence electrons. The first-order chi connectivity index (χ1) is 6.24. The number of hydrogen-bond donors (Lipinski definition) is 3. The van der Waals surface area contributed by atoms with Gasteiger partial charge in [-0.15, -0.1) is 0 Å². The lowest BCUT2D eigenvalue weighted by Gasteiger charge is -2.00. The molecule has 3 N–H and O–H groups in total. The van der Waals surface area contributed by atoms with Gasteiger partial charge >= 0.3 is 0 Å². The monoisotopic (exact) mass is 187 g/mol. The predicted octanol–water partition coefficient (Wildman–Crippen LogP) is 0.859. The molecule has 3 nitrogen and oxygen atoms in total. The van der Waals surface area contributed by atoms with Crippen molar-refractivity contribution in [3.63, 3.8) is 0 Å². The van der Waals surface area contributed by atoms with Crippen LogP contribution in [0.15, 0.2) is 18.2 Å². The molecule has 0 aliphatic heterocycles. The van der Waals surface area contributed by atoms with E-state index in [1.54, 1.807) is 13.1 Å². The lowest BCUT2D eigenvalue weighted by molar-refractivity contribution is 0.399. The Balaban J connectivity index is 0.000000671. The van der Waals surface area contributed by atoms with Crippen LogP contribution in [0.3, 0.4) is 0 Å². The van der Waals surface area contributed by atoms with E-state index in [0.717, 1.165) is 12.7 Å². The molecule has 0 bridgehead atoms. The summed E-state index contributed by atoms with van der Waals surface area (Å²) in [6.45, 7) is 0.633. The van der Waals surface area contributed by atoms with Gasteiger partial charge < -0.3 is 15.5 Å². The average molecular weight is 187 g/mol. The highest BCUT2D eigenvalue weighted by Gasteiger charge is 1.99. The van der Waals surface area contributed by atoms with E-state index in [-0.39, 0.29) is 5.75 Å². The highest BCUT2D eigenvalue weighted by molar-refractivity contribution is 5.28. The molecule has 4 heteroatoms. The molecule has 13 heavy (non-hydrogen) atoms. The lowest BCUT2D eigenvalue weighted by Crippen LogP contribution is -2.04. The molecule has 0 amide bonds. The number of nitrogens with one attached hydrogen (secondary N) is 1. The van der Waals surface area contributed by atoms with Crippen LogP contribution in [-0.2, 0) is 6.54 Å². The van der Waals surface area contributed by atoms with Gasteiger partial charge in [0.2, 0.25) is 0 Å². The molecule has 0 saturated heterocycles. The van der Waals surface area contributed by atoms with E-state index >= 15 is 0 Å². The average Bonchev–Trinajstić information content (AvgIpc) is 2.15. The number of rotatable bonds is 2. The van der Waals surface area contributed by atoms with Crippen LogP contribution in [0.25, 0.3) is 0 Å². The quantitative estimate of drug-likeness (QED) is 0.643. The Morgan fingerprint density at radius 3 is 2.46 bits per heavy atom. The van der Waals surface area contributed by atoms with Crippen molar-refractivity contribution in [3.8, 4) is 5.75 Å². The van der Waals surface area contributed by atoms with Crippen LogP contribution in [-0.4, -0.2) is 24.4 Å². The molecule has 1 aromatic carbocycles. The van der Waals surface area contributed by atoms with Gasteiger partial charge in [-0.1, -0.05) is 6.07 Å². The molecule has 0 fully saturated rings. The number of aliphatic hydroxyl groups is 1. The van der Waals surface area contributed by atoms with Crippen LogP contribution in [0.5, 0.6) is 5.75 Å². The van der Waals surface area contributed by atoms with Crippen molar-refractivity contribution in [1.82, 2.24) is 5.32 Å². The Morgan fingerprint density at radius 2 is 2.00 bits per heavy atom. The molecule has 0 radical (unpaired) electrons. The normalized spacial score (nSPS) is 8.92. The molecular formula is C9H14FNO2. The number of benzene rings is 1. The van der Waals surface area contributed by atoms with Crippen molar-refractivity contribution in [2.75, 3.05) is 14.2 Å². The predicted molar refractivity (Wildman–Crippen MR) is 49.0 cm³/mol. The zero-order valence-electron chi connectivity index (χ0n) is 7.71. The Labute approximate surface area is 76.8 Å². The topological polar surface area (TPSA) is 52.5 Å². The van der Waals surface area contributed by atoms with Crippen molar-refractivity contribution in [2.45, 2.75) is 6.54 Å². The third-order valence-corrected chi connectivity index (χ3v) is 1.39. The summed E-state index contributed by atoms with van der Waals surface area (Å²) < 4.78 is 12.5. The zero-order valence-corrected chi connectivity index (χ0v) is 7.71. The third-order valence-electron chi connectivity index (χ3n) is 1.39. The van der Waals surface area contributed by atoms with Crippen molar-refractivity contribution < 1.29 is 14.6 Å². The van der Waals surface area contributed by atoms with Crippen molar-refractivity contribution in [1.29, 1.82) is 0 Å². The Bertz CT molecular complexity index is 253. The second-order valence-electron chi connectivity index (χ2n) is 2.32. The Kier molecular flexibility index (Phi) is 5.84. The van der Waals surface area contributed by atoms with Gasteiger partial charge in [0.15, 0.2) is 11.6 Å². The van der Waals surface area contributed by atoms with Crippen LogP contribution < -0.4 is 5.32 Å². The summed E-state index contributed by atoms with van der Waals surface area (Å²) in [7, 11) is 2.79. The summed E-state index contributed by atoms with van der Waals surface area (Å²) in [5, 5.41) is 18.8. The Hall–Kier alpha value is -1.13. The van der Waals surface area contributed by atoms with Gasteiger partial charge in [-0.3, -0.25) is 0 Å². The van der Waals surface area contributed by atoms with Gasteiger partial charge in [0, 0.05) is 13.7 Å². The number of hydrogen-bond acceptors (Lipinski definition) is 3. The molecular weight excluding hydrogens is 173 g/mol. The number of aromatic hydroxyl groups is 1. The zero-order chi connectivity index (χ0) is 10.3. The third kappa shape index (κ3) is 3.87. The molecule has 0 atom stereocenters. The number of aliphatic hydroxyl groups excluding tert-OH is 1. The molecule has 1 aromatic rings. The standard InChI is InChI=1S/C8H10FNO.CH4O/c1-10-5-6-2-3-7(9)8(11)4-6;1-2/h2-4,10-11H,5H2,1H3;2H,1H3. The summed E-state index contributed by atoms with van der Waals surface area (Å²) in [4.78, 5) is 0. The van der Waals surface area contributed by atoms with E-state index in [9.17, 15) is 4.39 Å². The van der Waals surface area contributed by atoms with Gasteiger partial charge in [-0.05, 0) is 24.7 Å². The second-order valence-corrected chi connectivity index (χ2v) is 2.32. The molecule has 0 spiro atoms. The van der Waals surface area contributed by atoms with Crippen LogP contribution in [0, 0.1) is 5.82 Å². The fourth-order valence-electron chi connectivity index (χ4n) is 0.872. The number of phenolic OH excluding ortho intramolecular Hbond substituents is 1. The Morgan fingerprint density at radius 1 is 1.38 bits per heavy atom. The largest absolute Gasteiger partial charge is 0.505 e. The first kappa shape index (κ1) is 11.9. The maximum atomic E-state index is 12.5. The van der Waals surface area contributed by atoms with Crippen LogP contribution in [0.4, 0.5) is 4.39 Å². The molecule has 0 aliphatic rings. The molecule has 0 saturated carbocycles. The minimum Gasteiger partial charge on any atom is -0.505 e. The summed E-state index contributed by atoms with van der Waals surface area (Å²) in [5.41, 5.74) is 0.867. The maximum absolute atomic E-state index is 12.5. The smallest absolute Gasteiger partial charge is 0.164 e. The van der Waals surface area contributed by atoms with E-state index in [2.05, 4.69) is 5.32 Å². The van der Waals surface area contributed by atoms with Crippen LogP contribution in [0.2, 0.25) is 0 Å². The van der Waals surface area contributed by atoms with E-state index in [4.69, 9.17) is 10.2 Å². The lowest BCUT2D eigenvalue weighted by atomic mass is 10.2. The molecule has 0 aliphatic carbocycles. The van der Waals surface area contributed by atoms with Gasteiger partial charge in [-0.25, -0.2) is 4.39 Å². The van der Waals surface area contributed by atoms with E-state index < -0.39 is 5.82 Å². The van der Waals surface area contributed by atoms with Gasteiger partial charge in [-0.2, -0.15) is 0 Å². The molecule has 0 unspecified atom stereocenters. The fraction of sp³-hybridized carbons (Fsp3) is 0.333. The first-order valence-electron chi connectivity index (χ1n) is 3.80. The maximum Gasteiger partial charge on any atom is 0.164 e.